The minimum absolute atomic E-state index is 0.00921. The van der Waals surface area contributed by atoms with E-state index in [4.69, 9.17) is 4.74 Å². The molecule has 0 spiro atoms. The third-order valence-electron chi connectivity index (χ3n) is 4.48. The van der Waals surface area contributed by atoms with Crippen LogP contribution in [0.5, 0.6) is 0 Å². The zero-order valence-corrected chi connectivity index (χ0v) is 13.4. The van der Waals surface area contributed by atoms with Crippen LogP contribution >= 0.6 is 11.3 Å². The summed E-state index contributed by atoms with van der Waals surface area (Å²) in [5, 5.41) is 4.86. The van der Waals surface area contributed by atoms with Crippen LogP contribution in [0.15, 0.2) is 17.5 Å². The average molecular weight is 322 g/mol. The summed E-state index contributed by atoms with van der Waals surface area (Å²) in [4.78, 5) is 27.9. The first-order chi connectivity index (χ1) is 10.8. The van der Waals surface area contributed by atoms with Crippen molar-refractivity contribution in [2.45, 2.75) is 31.7 Å². The molecule has 6 heteroatoms. The molecule has 1 aromatic heterocycles. The lowest BCUT2D eigenvalue weighted by atomic mass is 9.82. The Balaban J connectivity index is 1.85. The van der Waals surface area contributed by atoms with Crippen LogP contribution in [0.1, 0.15) is 35.4 Å². The molecule has 2 aliphatic rings. The second-order valence-corrected chi connectivity index (χ2v) is 6.79. The van der Waals surface area contributed by atoms with Gasteiger partial charge in [0.1, 0.15) is 0 Å². The van der Waals surface area contributed by atoms with E-state index >= 15 is 0 Å². The second kappa shape index (κ2) is 7.24. The number of carbonyl (C=O) groups is 2. The lowest BCUT2D eigenvalue weighted by molar-refractivity contribution is -0.128. The van der Waals surface area contributed by atoms with Crippen molar-refractivity contribution >= 4 is 23.2 Å². The maximum atomic E-state index is 12.8. The number of amides is 2. The minimum atomic E-state index is -0.0873. The average Bonchev–Trinajstić information content (AvgIpc) is 3.08. The molecule has 0 bridgehead atoms. The Morgan fingerprint density at radius 1 is 1.32 bits per heavy atom. The standard InChI is InChI=1S/C16H22N2O3S/c19-15-12-4-1-2-5-13(12)18(8-10-21-9-7-17-15)16(20)14-6-3-11-22-14/h3,6,11-13H,1-2,4-5,7-10H2,(H,17,19)/t12-,13+/m0/s1. The molecule has 5 nitrogen and oxygen atoms in total. The van der Waals surface area contributed by atoms with Crippen LogP contribution < -0.4 is 5.32 Å². The number of fused-ring (bicyclic) bond motifs is 1. The maximum Gasteiger partial charge on any atom is 0.264 e. The van der Waals surface area contributed by atoms with Crippen LogP contribution in [0.25, 0.3) is 0 Å². The summed E-state index contributed by atoms with van der Waals surface area (Å²) in [6.45, 7) is 2.15. The maximum absolute atomic E-state index is 12.8. The number of rotatable bonds is 1. The SMILES string of the molecule is O=C1NCCOCCN(C(=O)c2cccs2)[C@@H]2CCCC[C@H]12. The summed E-state index contributed by atoms with van der Waals surface area (Å²) >= 11 is 1.45. The molecule has 1 aliphatic carbocycles. The summed E-state index contributed by atoms with van der Waals surface area (Å²) in [6, 6.07) is 3.73. The second-order valence-electron chi connectivity index (χ2n) is 5.84. The predicted molar refractivity (Wildman–Crippen MR) is 84.9 cm³/mol. The van der Waals surface area contributed by atoms with Crippen molar-refractivity contribution in [2.24, 2.45) is 5.92 Å². The first kappa shape index (κ1) is 15.5. The van der Waals surface area contributed by atoms with Crippen molar-refractivity contribution < 1.29 is 14.3 Å². The van der Waals surface area contributed by atoms with E-state index in [0.717, 1.165) is 30.6 Å². The van der Waals surface area contributed by atoms with Crippen LogP contribution in [-0.4, -0.2) is 49.1 Å². The van der Waals surface area contributed by atoms with Crippen molar-refractivity contribution in [1.29, 1.82) is 0 Å². The van der Waals surface area contributed by atoms with Gasteiger partial charge < -0.3 is 15.0 Å². The molecule has 0 aromatic carbocycles. The van der Waals surface area contributed by atoms with Gasteiger partial charge in [-0.25, -0.2) is 0 Å². The van der Waals surface area contributed by atoms with Gasteiger partial charge in [0.2, 0.25) is 5.91 Å². The van der Waals surface area contributed by atoms with Crippen LogP contribution in [0.3, 0.4) is 0 Å². The predicted octanol–water partition coefficient (Wildman–Crippen LogP) is 1.90. The smallest absolute Gasteiger partial charge is 0.264 e. The Hall–Kier alpha value is -1.40. The van der Waals surface area contributed by atoms with E-state index in [-0.39, 0.29) is 23.8 Å². The van der Waals surface area contributed by atoms with E-state index in [0.29, 0.717) is 26.3 Å². The number of nitrogens with zero attached hydrogens (tertiary/aromatic N) is 1. The lowest BCUT2D eigenvalue weighted by Gasteiger charge is -2.39. The minimum Gasteiger partial charge on any atom is -0.378 e. The molecule has 0 radical (unpaired) electrons. The highest BCUT2D eigenvalue weighted by molar-refractivity contribution is 7.12. The summed E-state index contributed by atoms with van der Waals surface area (Å²) in [7, 11) is 0. The van der Waals surface area contributed by atoms with E-state index in [2.05, 4.69) is 5.32 Å². The third kappa shape index (κ3) is 3.33. The van der Waals surface area contributed by atoms with Crippen LogP contribution in [0, 0.1) is 5.92 Å². The molecule has 1 aromatic rings. The highest BCUT2D eigenvalue weighted by atomic mass is 32.1. The quantitative estimate of drug-likeness (QED) is 0.859. The van der Waals surface area contributed by atoms with Gasteiger partial charge in [-0.3, -0.25) is 9.59 Å². The van der Waals surface area contributed by atoms with Gasteiger partial charge in [0.25, 0.3) is 5.91 Å². The lowest BCUT2D eigenvalue weighted by Crippen LogP contribution is -2.52. The van der Waals surface area contributed by atoms with Gasteiger partial charge in [-0.05, 0) is 24.3 Å². The van der Waals surface area contributed by atoms with Crippen LogP contribution in [0.2, 0.25) is 0 Å². The Morgan fingerprint density at radius 2 is 2.18 bits per heavy atom. The van der Waals surface area contributed by atoms with E-state index in [1.165, 1.54) is 11.3 Å². The van der Waals surface area contributed by atoms with E-state index in [1.54, 1.807) is 0 Å². The zero-order chi connectivity index (χ0) is 15.4. The molecule has 120 valence electrons. The van der Waals surface area contributed by atoms with Crippen molar-refractivity contribution in [3.8, 4) is 0 Å². The van der Waals surface area contributed by atoms with Gasteiger partial charge in [-0.2, -0.15) is 0 Å². The molecule has 0 unspecified atom stereocenters. The highest BCUT2D eigenvalue weighted by Gasteiger charge is 2.37. The normalized spacial score (nSPS) is 26.9. The molecule has 22 heavy (non-hydrogen) atoms. The Bertz CT molecular complexity index is 517. The Kier molecular flexibility index (Phi) is 5.10. The van der Waals surface area contributed by atoms with Crippen molar-refractivity contribution in [1.82, 2.24) is 10.2 Å². The summed E-state index contributed by atoms with van der Waals surface area (Å²) in [5.74, 6) is 0.0128. The van der Waals surface area contributed by atoms with Crippen LogP contribution in [0.4, 0.5) is 0 Å². The summed E-state index contributed by atoms with van der Waals surface area (Å²) in [5.41, 5.74) is 0. The molecule has 2 fully saturated rings. The number of hydrogen-bond donors (Lipinski definition) is 1. The van der Waals surface area contributed by atoms with Gasteiger partial charge in [-0.15, -0.1) is 11.3 Å². The largest absolute Gasteiger partial charge is 0.378 e. The van der Waals surface area contributed by atoms with E-state index in [9.17, 15) is 9.59 Å². The molecule has 1 aliphatic heterocycles. The number of carbonyl (C=O) groups excluding carboxylic acids is 2. The van der Waals surface area contributed by atoms with Crippen molar-refractivity contribution in [3.05, 3.63) is 22.4 Å². The highest BCUT2D eigenvalue weighted by Crippen LogP contribution is 2.30. The van der Waals surface area contributed by atoms with Gasteiger partial charge in [0.15, 0.2) is 0 Å². The van der Waals surface area contributed by atoms with Gasteiger partial charge >= 0.3 is 0 Å². The molecule has 2 heterocycles. The number of nitrogens with one attached hydrogen (secondary N) is 1. The third-order valence-corrected chi connectivity index (χ3v) is 5.34. The summed E-state index contributed by atoms with van der Waals surface area (Å²) < 4.78 is 5.53. The number of hydrogen-bond acceptors (Lipinski definition) is 4. The first-order valence-corrected chi connectivity index (χ1v) is 8.85. The molecular weight excluding hydrogens is 300 g/mol. The number of thiophene rings is 1. The summed E-state index contributed by atoms with van der Waals surface area (Å²) in [6.07, 6.45) is 3.90. The molecule has 1 saturated heterocycles. The molecule has 1 N–H and O–H groups in total. The van der Waals surface area contributed by atoms with Gasteiger partial charge in [0, 0.05) is 19.1 Å². The zero-order valence-electron chi connectivity index (χ0n) is 12.6. The fourth-order valence-electron chi connectivity index (χ4n) is 3.39. The topological polar surface area (TPSA) is 58.6 Å². The first-order valence-electron chi connectivity index (χ1n) is 7.97. The molecule has 2 atom stereocenters. The Morgan fingerprint density at radius 3 is 3.00 bits per heavy atom. The van der Waals surface area contributed by atoms with Crippen LogP contribution in [-0.2, 0) is 9.53 Å². The monoisotopic (exact) mass is 322 g/mol. The van der Waals surface area contributed by atoms with E-state index in [1.807, 2.05) is 22.4 Å². The molecule has 2 amide bonds. The van der Waals surface area contributed by atoms with Crippen molar-refractivity contribution in [3.63, 3.8) is 0 Å². The fourth-order valence-corrected chi connectivity index (χ4v) is 4.07. The Labute approximate surface area is 134 Å². The molecule has 3 rings (SSSR count). The van der Waals surface area contributed by atoms with E-state index < -0.39 is 0 Å². The fraction of sp³-hybridized carbons (Fsp3) is 0.625. The number of ether oxygens (including phenoxy) is 1. The van der Waals surface area contributed by atoms with Gasteiger partial charge in [0.05, 0.1) is 24.0 Å². The van der Waals surface area contributed by atoms with Gasteiger partial charge in [-0.1, -0.05) is 18.9 Å². The molecular formula is C16H22N2O3S. The molecule has 1 saturated carbocycles. The van der Waals surface area contributed by atoms with Crippen molar-refractivity contribution in [2.75, 3.05) is 26.3 Å².